The highest BCUT2D eigenvalue weighted by atomic mass is 35.5. The molecule has 0 spiro atoms. The quantitative estimate of drug-likeness (QED) is 0.588. The highest BCUT2D eigenvalue weighted by Crippen LogP contribution is 2.19. The van der Waals surface area contributed by atoms with Crippen molar-refractivity contribution in [2.45, 2.75) is 13.2 Å². The molecule has 0 aliphatic rings. The van der Waals surface area contributed by atoms with Crippen LogP contribution < -0.4 is 0 Å². The van der Waals surface area contributed by atoms with Crippen LogP contribution in [0.2, 0.25) is 5.02 Å². The summed E-state index contributed by atoms with van der Waals surface area (Å²) in [6, 6.07) is 15.3. The second kappa shape index (κ2) is 8.51. The SMILES string of the molecule is CN(C)Cc1ccc(Cl)cc1/C=C/C(=O)OCc1ccccc1. The zero-order chi connectivity index (χ0) is 16.7. The molecule has 0 fully saturated rings. The van der Waals surface area contributed by atoms with Gasteiger partial charge < -0.3 is 9.64 Å². The molecule has 120 valence electrons. The van der Waals surface area contributed by atoms with Crippen LogP contribution >= 0.6 is 11.6 Å². The molecule has 2 aromatic rings. The van der Waals surface area contributed by atoms with Gasteiger partial charge in [0, 0.05) is 17.6 Å². The van der Waals surface area contributed by atoms with Gasteiger partial charge in [-0.2, -0.15) is 0 Å². The molecule has 3 nitrogen and oxygen atoms in total. The summed E-state index contributed by atoms with van der Waals surface area (Å²) in [6.45, 7) is 1.04. The van der Waals surface area contributed by atoms with Crippen molar-refractivity contribution in [1.82, 2.24) is 4.90 Å². The lowest BCUT2D eigenvalue weighted by Gasteiger charge is -2.12. The average molecular weight is 330 g/mol. The number of esters is 1. The lowest BCUT2D eigenvalue weighted by Crippen LogP contribution is -2.11. The maximum atomic E-state index is 11.9. The van der Waals surface area contributed by atoms with Crippen molar-refractivity contribution in [2.75, 3.05) is 14.1 Å². The first-order valence-corrected chi connectivity index (χ1v) is 7.74. The molecule has 0 saturated carbocycles. The number of ether oxygens (including phenoxy) is 1. The number of nitrogens with zero attached hydrogens (tertiary/aromatic N) is 1. The second-order valence-electron chi connectivity index (χ2n) is 5.51. The molecule has 23 heavy (non-hydrogen) atoms. The van der Waals surface area contributed by atoms with Crippen molar-refractivity contribution < 1.29 is 9.53 Å². The molecular formula is C19H20ClNO2. The van der Waals surface area contributed by atoms with Crippen LogP contribution in [0.25, 0.3) is 6.08 Å². The van der Waals surface area contributed by atoms with Gasteiger partial charge in [0.1, 0.15) is 6.61 Å². The van der Waals surface area contributed by atoms with Crippen LogP contribution in [-0.2, 0) is 22.7 Å². The fraction of sp³-hybridized carbons (Fsp3) is 0.211. The van der Waals surface area contributed by atoms with E-state index < -0.39 is 0 Å². The Bertz CT molecular complexity index is 681. The van der Waals surface area contributed by atoms with Crippen molar-refractivity contribution in [1.29, 1.82) is 0 Å². The van der Waals surface area contributed by atoms with E-state index >= 15 is 0 Å². The van der Waals surface area contributed by atoms with Gasteiger partial charge in [-0.3, -0.25) is 0 Å². The minimum absolute atomic E-state index is 0.268. The molecule has 0 bridgehead atoms. The van der Waals surface area contributed by atoms with Crippen molar-refractivity contribution in [3.05, 3.63) is 76.3 Å². The van der Waals surface area contributed by atoms with Crippen molar-refractivity contribution in [3.63, 3.8) is 0 Å². The maximum Gasteiger partial charge on any atom is 0.331 e. The zero-order valence-electron chi connectivity index (χ0n) is 13.3. The smallest absolute Gasteiger partial charge is 0.331 e. The van der Waals surface area contributed by atoms with E-state index in [0.717, 1.165) is 23.2 Å². The first-order valence-electron chi connectivity index (χ1n) is 7.36. The number of rotatable bonds is 6. The molecule has 2 aromatic carbocycles. The van der Waals surface area contributed by atoms with Gasteiger partial charge in [-0.25, -0.2) is 4.79 Å². The molecule has 0 saturated heterocycles. The van der Waals surface area contributed by atoms with Gasteiger partial charge in [0.15, 0.2) is 0 Å². The van der Waals surface area contributed by atoms with Crippen LogP contribution in [0.4, 0.5) is 0 Å². The molecule has 2 rings (SSSR count). The van der Waals surface area contributed by atoms with E-state index in [1.54, 1.807) is 6.08 Å². The zero-order valence-corrected chi connectivity index (χ0v) is 14.1. The summed E-state index contributed by atoms with van der Waals surface area (Å²) in [7, 11) is 3.99. The largest absolute Gasteiger partial charge is 0.458 e. The molecule has 0 N–H and O–H groups in total. The first kappa shape index (κ1) is 17.3. The lowest BCUT2D eigenvalue weighted by atomic mass is 10.1. The summed E-state index contributed by atoms with van der Waals surface area (Å²) in [4.78, 5) is 13.9. The van der Waals surface area contributed by atoms with Gasteiger partial charge in [-0.05, 0) is 49.0 Å². The van der Waals surface area contributed by atoms with Crippen LogP contribution in [0.3, 0.4) is 0 Å². The Morgan fingerprint density at radius 3 is 2.61 bits per heavy atom. The number of carbonyl (C=O) groups is 1. The first-order chi connectivity index (χ1) is 11.0. The summed E-state index contributed by atoms with van der Waals surface area (Å²) in [5.41, 5.74) is 2.99. The van der Waals surface area contributed by atoms with Gasteiger partial charge in [0.2, 0.25) is 0 Å². The summed E-state index contributed by atoms with van der Waals surface area (Å²) >= 11 is 6.05. The van der Waals surface area contributed by atoms with E-state index in [0.29, 0.717) is 5.02 Å². The molecule has 0 unspecified atom stereocenters. The number of benzene rings is 2. The van der Waals surface area contributed by atoms with Crippen LogP contribution in [0, 0.1) is 0 Å². The third-order valence-corrected chi connectivity index (χ3v) is 3.45. The highest BCUT2D eigenvalue weighted by Gasteiger charge is 2.04. The van der Waals surface area contributed by atoms with Gasteiger partial charge in [0.05, 0.1) is 0 Å². The van der Waals surface area contributed by atoms with Crippen LogP contribution in [-0.4, -0.2) is 25.0 Å². The molecule has 4 heteroatoms. The average Bonchev–Trinajstić information content (AvgIpc) is 2.53. The van der Waals surface area contributed by atoms with E-state index in [4.69, 9.17) is 16.3 Å². The molecule has 0 amide bonds. The van der Waals surface area contributed by atoms with Crippen LogP contribution in [0.15, 0.2) is 54.6 Å². The van der Waals surface area contributed by atoms with Crippen LogP contribution in [0.1, 0.15) is 16.7 Å². The van der Waals surface area contributed by atoms with Gasteiger partial charge in [-0.1, -0.05) is 48.0 Å². The Labute approximate surface area is 142 Å². The summed E-state index contributed by atoms with van der Waals surface area (Å²) in [6.07, 6.45) is 3.19. The third-order valence-electron chi connectivity index (χ3n) is 3.22. The van der Waals surface area contributed by atoms with E-state index in [2.05, 4.69) is 4.90 Å². The maximum absolute atomic E-state index is 11.9. The molecule has 0 aromatic heterocycles. The van der Waals surface area contributed by atoms with Crippen molar-refractivity contribution in [2.24, 2.45) is 0 Å². The molecule has 0 atom stereocenters. The summed E-state index contributed by atoms with van der Waals surface area (Å²) in [5.74, 6) is -0.371. The number of carbonyl (C=O) groups excluding carboxylic acids is 1. The minimum atomic E-state index is -0.371. The number of hydrogen-bond acceptors (Lipinski definition) is 3. The Hall–Kier alpha value is -2.10. The van der Waals surface area contributed by atoms with Crippen LogP contribution in [0.5, 0.6) is 0 Å². The fourth-order valence-electron chi connectivity index (χ4n) is 2.14. The normalized spacial score (nSPS) is 11.1. The minimum Gasteiger partial charge on any atom is -0.458 e. The molecule has 0 radical (unpaired) electrons. The Morgan fingerprint density at radius 1 is 1.17 bits per heavy atom. The standard InChI is InChI=1S/C19H20ClNO2/c1-21(2)13-17-8-10-18(20)12-16(17)9-11-19(22)23-14-15-6-4-3-5-7-15/h3-12H,13-14H2,1-2H3/b11-9+. The molecular weight excluding hydrogens is 310 g/mol. The van der Waals surface area contributed by atoms with Gasteiger partial charge in [0.25, 0.3) is 0 Å². The number of hydrogen-bond donors (Lipinski definition) is 0. The van der Waals surface area contributed by atoms with E-state index in [1.165, 1.54) is 6.08 Å². The monoisotopic (exact) mass is 329 g/mol. The number of halogens is 1. The Balaban J connectivity index is 2.01. The molecule has 0 aliphatic carbocycles. The summed E-state index contributed by atoms with van der Waals surface area (Å²) in [5, 5.41) is 0.643. The predicted molar refractivity (Wildman–Crippen MR) is 94.1 cm³/mol. The molecule has 0 aliphatic heterocycles. The Kier molecular flexibility index (Phi) is 6.39. The fourth-order valence-corrected chi connectivity index (χ4v) is 2.32. The topological polar surface area (TPSA) is 29.5 Å². The highest BCUT2D eigenvalue weighted by molar-refractivity contribution is 6.30. The van der Waals surface area contributed by atoms with E-state index in [-0.39, 0.29) is 12.6 Å². The van der Waals surface area contributed by atoms with Gasteiger partial charge in [-0.15, -0.1) is 0 Å². The third kappa shape index (κ3) is 5.89. The summed E-state index contributed by atoms with van der Waals surface area (Å²) < 4.78 is 5.23. The lowest BCUT2D eigenvalue weighted by molar-refractivity contribution is -0.138. The predicted octanol–water partition coefficient (Wildman–Crippen LogP) is 4.16. The molecule has 0 heterocycles. The van der Waals surface area contributed by atoms with Crippen molar-refractivity contribution in [3.8, 4) is 0 Å². The van der Waals surface area contributed by atoms with Gasteiger partial charge >= 0.3 is 5.97 Å². The van der Waals surface area contributed by atoms with Crippen molar-refractivity contribution >= 4 is 23.6 Å². The Morgan fingerprint density at radius 2 is 1.91 bits per heavy atom. The van der Waals surface area contributed by atoms with E-state index in [9.17, 15) is 4.79 Å². The van der Waals surface area contributed by atoms with E-state index in [1.807, 2.05) is 62.6 Å². The second-order valence-corrected chi connectivity index (χ2v) is 5.94.